The van der Waals surface area contributed by atoms with Crippen LogP contribution in [-0.2, 0) is 14.9 Å². The first-order valence-corrected chi connectivity index (χ1v) is 11.6. The highest BCUT2D eigenvalue weighted by Gasteiger charge is 2.33. The second-order valence-corrected chi connectivity index (χ2v) is 11.4. The summed E-state index contributed by atoms with van der Waals surface area (Å²) in [5.41, 5.74) is 4.40. The molecule has 2 rings (SSSR count). The zero-order valence-electron chi connectivity index (χ0n) is 21.3. The van der Waals surface area contributed by atoms with Gasteiger partial charge < -0.3 is 4.74 Å². The van der Waals surface area contributed by atoms with E-state index >= 15 is 0 Å². The van der Waals surface area contributed by atoms with Gasteiger partial charge in [0.15, 0.2) is 5.78 Å². The number of Topliss-reactive ketones (excluding diaryl/α,β-unsaturated/α-hetero) is 1. The van der Waals surface area contributed by atoms with E-state index in [2.05, 4.69) is 60.6 Å². The van der Waals surface area contributed by atoms with Crippen LogP contribution in [0.2, 0.25) is 0 Å². The molecular formula is C29H40O3. The highest BCUT2D eigenvalue weighted by atomic mass is 16.5. The van der Waals surface area contributed by atoms with Gasteiger partial charge in [-0.25, -0.2) is 0 Å². The molecule has 0 spiro atoms. The summed E-state index contributed by atoms with van der Waals surface area (Å²) in [5.74, 6) is -1.41. The van der Waals surface area contributed by atoms with Gasteiger partial charge in [-0.15, -0.1) is 0 Å². The van der Waals surface area contributed by atoms with Gasteiger partial charge >= 0.3 is 5.97 Å². The van der Waals surface area contributed by atoms with Gasteiger partial charge in [0.1, 0.15) is 5.92 Å². The molecule has 174 valence electrons. The highest BCUT2D eigenvalue weighted by molar-refractivity contribution is 6.14. The Morgan fingerprint density at radius 1 is 0.906 bits per heavy atom. The molecule has 0 aromatic heterocycles. The predicted octanol–water partition coefficient (Wildman–Crippen LogP) is 7.18. The SMILES string of the molecule is Cc1cc(C(C)(C)C)cc(C)c1C(=O)C(C(=O)OCC(C)CC(C)(C)C)c1ccccc1. The number of ketones is 1. The summed E-state index contributed by atoms with van der Waals surface area (Å²) in [6.07, 6.45) is 0.941. The molecule has 0 saturated carbocycles. The van der Waals surface area contributed by atoms with Crippen molar-refractivity contribution in [3.8, 4) is 0 Å². The van der Waals surface area contributed by atoms with Gasteiger partial charge in [0.05, 0.1) is 6.61 Å². The number of carbonyl (C=O) groups is 2. The van der Waals surface area contributed by atoms with Gasteiger partial charge in [0, 0.05) is 5.56 Å². The molecule has 0 radical (unpaired) electrons. The third-order valence-corrected chi connectivity index (χ3v) is 5.75. The second-order valence-electron chi connectivity index (χ2n) is 11.4. The summed E-state index contributed by atoms with van der Waals surface area (Å²) in [6, 6.07) is 13.4. The third-order valence-electron chi connectivity index (χ3n) is 5.75. The first-order chi connectivity index (χ1) is 14.7. The van der Waals surface area contributed by atoms with Crippen LogP contribution >= 0.6 is 0 Å². The lowest BCUT2D eigenvalue weighted by molar-refractivity contribution is -0.145. The van der Waals surface area contributed by atoms with Gasteiger partial charge in [0.2, 0.25) is 0 Å². The molecule has 0 saturated heterocycles. The molecule has 0 bridgehead atoms. The fourth-order valence-corrected chi connectivity index (χ4v) is 4.38. The van der Waals surface area contributed by atoms with Crippen LogP contribution in [0.3, 0.4) is 0 Å². The van der Waals surface area contributed by atoms with Crippen LogP contribution in [-0.4, -0.2) is 18.4 Å². The maximum atomic E-state index is 13.8. The van der Waals surface area contributed by atoms with Crippen molar-refractivity contribution in [3.05, 3.63) is 70.3 Å². The van der Waals surface area contributed by atoms with Crippen molar-refractivity contribution in [1.82, 2.24) is 0 Å². The molecular weight excluding hydrogens is 396 g/mol. The van der Waals surface area contributed by atoms with Crippen molar-refractivity contribution in [2.24, 2.45) is 11.3 Å². The maximum Gasteiger partial charge on any atom is 0.321 e. The van der Waals surface area contributed by atoms with Crippen LogP contribution in [0.25, 0.3) is 0 Å². The Morgan fingerprint density at radius 3 is 1.91 bits per heavy atom. The third kappa shape index (κ3) is 6.79. The molecule has 0 N–H and O–H groups in total. The van der Waals surface area contributed by atoms with Crippen molar-refractivity contribution in [3.63, 3.8) is 0 Å². The maximum absolute atomic E-state index is 13.8. The van der Waals surface area contributed by atoms with E-state index in [-0.39, 0.29) is 22.5 Å². The van der Waals surface area contributed by atoms with Crippen LogP contribution < -0.4 is 0 Å². The molecule has 0 fully saturated rings. The first-order valence-electron chi connectivity index (χ1n) is 11.6. The number of hydrogen-bond acceptors (Lipinski definition) is 3. The van der Waals surface area contributed by atoms with Crippen molar-refractivity contribution >= 4 is 11.8 Å². The van der Waals surface area contributed by atoms with Gasteiger partial charge in [-0.3, -0.25) is 9.59 Å². The van der Waals surface area contributed by atoms with E-state index in [9.17, 15) is 9.59 Å². The lowest BCUT2D eigenvalue weighted by Gasteiger charge is -2.25. The Morgan fingerprint density at radius 2 is 1.44 bits per heavy atom. The molecule has 2 aromatic carbocycles. The lowest BCUT2D eigenvalue weighted by atomic mass is 9.81. The van der Waals surface area contributed by atoms with Crippen LogP contribution in [0, 0.1) is 25.2 Å². The minimum atomic E-state index is -0.962. The smallest absolute Gasteiger partial charge is 0.321 e. The largest absolute Gasteiger partial charge is 0.465 e. The van der Waals surface area contributed by atoms with Crippen molar-refractivity contribution in [1.29, 1.82) is 0 Å². The Bertz CT molecular complexity index is 920. The second kappa shape index (κ2) is 10.0. The zero-order valence-corrected chi connectivity index (χ0v) is 21.3. The number of rotatable bonds is 7. The molecule has 3 heteroatoms. The van der Waals surface area contributed by atoms with Crippen LogP contribution in [0.5, 0.6) is 0 Å². The monoisotopic (exact) mass is 436 g/mol. The molecule has 0 aliphatic rings. The number of esters is 1. The summed E-state index contributed by atoms with van der Waals surface area (Å²) < 4.78 is 5.71. The Balaban J connectivity index is 2.38. The molecule has 3 nitrogen and oxygen atoms in total. The zero-order chi connectivity index (χ0) is 24.3. The van der Waals surface area contributed by atoms with Crippen LogP contribution in [0.4, 0.5) is 0 Å². The molecule has 0 aliphatic heterocycles. The summed E-state index contributed by atoms with van der Waals surface area (Å²) in [6.45, 7) is 19.3. The van der Waals surface area contributed by atoms with E-state index in [0.29, 0.717) is 17.7 Å². The standard InChI is InChI=1S/C29H40O3/c1-19(17-28(4,5)6)18-32-27(31)25(22-13-11-10-12-14-22)26(30)24-20(2)15-23(16-21(24)3)29(7,8)9/h10-16,19,25H,17-18H2,1-9H3. The minimum Gasteiger partial charge on any atom is -0.465 e. The number of ether oxygens (including phenoxy) is 1. The Kier molecular flexibility index (Phi) is 8.09. The quantitative estimate of drug-likeness (QED) is 0.262. The van der Waals surface area contributed by atoms with Crippen LogP contribution in [0.1, 0.15) is 93.4 Å². The topological polar surface area (TPSA) is 43.4 Å². The molecule has 0 aliphatic carbocycles. The number of carbonyl (C=O) groups excluding carboxylic acids is 2. The Labute approximate surface area is 194 Å². The number of benzene rings is 2. The highest BCUT2D eigenvalue weighted by Crippen LogP contribution is 2.31. The Hall–Kier alpha value is -2.42. The van der Waals surface area contributed by atoms with Crippen molar-refractivity contribution in [2.45, 2.75) is 80.1 Å². The van der Waals surface area contributed by atoms with Crippen molar-refractivity contribution in [2.75, 3.05) is 6.61 Å². The normalized spacial score (nSPS) is 14.0. The minimum absolute atomic E-state index is 0.0158. The molecule has 0 heterocycles. The van der Waals surface area contributed by atoms with E-state index in [4.69, 9.17) is 4.74 Å². The first kappa shape index (κ1) is 25.8. The fourth-order valence-electron chi connectivity index (χ4n) is 4.38. The molecule has 0 amide bonds. The summed E-state index contributed by atoms with van der Waals surface area (Å²) in [7, 11) is 0. The molecule has 32 heavy (non-hydrogen) atoms. The predicted molar refractivity (Wildman–Crippen MR) is 132 cm³/mol. The van der Waals surface area contributed by atoms with E-state index in [1.807, 2.05) is 44.2 Å². The van der Waals surface area contributed by atoms with Gasteiger partial charge in [-0.2, -0.15) is 0 Å². The molecule has 2 aromatic rings. The average Bonchev–Trinajstić information content (AvgIpc) is 2.65. The summed E-state index contributed by atoms with van der Waals surface area (Å²) in [4.78, 5) is 27.0. The van der Waals surface area contributed by atoms with E-state index in [1.165, 1.54) is 5.56 Å². The summed E-state index contributed by atoms with van der Waals surface area (Å²) >= 11 is 0. The van der Waals surface area contributed by atoms with Gasteiger partial charge in [-0.05, 0) is 59.3 Å². The van der Waals surface area contributed by atoms with E-state index in [0.717, 1.165) is 17.5 Å². The molecule has 2 atom stereocenters. The van der Waals surface area contributed by atoms with Crippen molar-refractivity contribution < 1.29 is 14.3 Å². The van der Waals surface area contributed by atoms with E-state index < -0.39 is 11.9 Å². The van der Waals surface area contributed by atoms with Gasteiger partial charge in [-0.1, -0.05) is 90.9 Å². The average molecular weight is 437 g/mol. The summed E-state index contributed by atoms with van der Waals surface area (Å²) in [5, 5.41) is 0. The number of aryl methyl sites for hydroxylation is 2. The number of hydrogen-bond donors (Lipinski definition) is 0. The fraction of sp³-hybridized carbons (Fsp3) is 0.517. The van der Waals surface area contributed by atoms with Gasteiger partial charge in [0.25, 0.3) is 0 Å². The van der Waals surface area contributed by atoms with Crippen LogP contribution in [0.15, 0.2) is 42.5 Å². The van der Waals surface area contributed by atoms with E-state index in [1.54, 1.807) is 0 Å². The lowest BCUT2D eigenvalue weighted by Crippen LogP contribution is -2.28. The molecule has 2 unspecified atom stereocenters.